The fourth-order valence-electron chi connectivity index (χ4n) is 4.13. The number of nitrogens with two attached hydrogens (primary N) is 1. The van der Waals surface area contributed by atoms with Crippen LogP contribution in [0.1, 0.15) is 12.0 Å². The molecule has 0 aliphatic carbocycles. The number of thioether (sulfide) groups is 1. The number of benzene rings is 2. The Morgan fingerprint density at radius 1 is 1.02 bits per heavy atom. The van der Waals surface area contributed by atoms with Gasteiger partial charge in [-0.2, -0.15) is 4.31 Å². The number of rotatable bonds is 8. The zero-order valence-corrected chi connectivity index (χ0v) is 23.7. The first-order valence-electron chi connectivity index (χ1n) is 11.9. The Hall–Kier alpha value is -2.85. The largest absolute Gasteiger partial charge is 0.431 e. The Morgan fingerprint density at radius 2 is 1.65 bits per heavy atom. The number of halogens is 4. The van der Waals surface area contributed by atoms with Crippen molar-refractivity contribution in [3.63, 3.8) is 0 Å². The zero-order chi connectivity index (χ0) is 28.3. The Morgan fingerprint density at radius 3 is 2.30 bits per heavy atom. The molecular formula is C24H27ClF3N5O5S2. The molecular weight excluding hydrogens is 595 g/mol. The molecule has 0 spiro atoms. The quantitative estimate of drug-likeness (QED) is 0.300. The third-order valence-electron chi connectivity index (χ3n) is 6.06. The van der Waals surface area contributed by atoms with Gasteiger partial charge in [-0.15, -0.1) is 12.4 Å². The second-order valence-corrected chi connectivity index (χ2v) is 11.9. The van der Waals surface area contributed by atoms with E-state index in [-0.39, 0.29) is 68.0 Å². The van der Waals surface area contributed by atoms with Crippen molar-refractivity contribution >= 4 is 57.1 Å². The van der Waals surface area contributed by atoms with E-state index >= 15 is 0 Å². The van der Waals surface area contributed by atoms with E-state index in [9.17, 15) is 31.2 Å². The van der Waals surface area contributed by atoms with Crippen LogP contribution in [0.3, 0.4) is 0 Å². The number of hydrogen-bond acceptors (Lipinski definition) is 8. The average molecular weight is 622 g/mol. The fourth-order valence-corrected chi connectivity index (χ4v) is 5.67. The zero-order valence-electron chi connectivity index (χ0n) is 21.3. The molecule has 40 heavy (non-hydrogen) atoms. The van der Waals surface area contributed by atoms with Gasteiger partial charge in [0.05, 0.1) is 25.1 Å². The molecule has 1 aromatic heterocycles. The number of carbonyl (C=O) groups is 2. The van der Waals surface area contributed by atoms with Crippen LogP contribution in [0.2, 0.25) is 0 Å². The molecule has 1 aliphatic rings. The van der Waals surface area contributed by atoms with Gasteiger partial charge < -0.3 is 10.2 Å². The lowest BCUT2D eigenvalue weighted by atomic mass is 10.0. The summed E-state index contributed by atoms with van der Waals surface area (Å²) in [7, 11) is -3.60. The fraction of sp³-hybridized carbons (Fsp3) is 0.375. The minimum atomic E-state index is -3.60. The third-order valence-corrected chi connectivity index (χ3v) is 8.18. The lowest BCUT2D eigenvalue weighted by molar-refractivity contribution is -0.161. The van der Waals surface area contributed by atoms with E-state index in [0.717, 1.165) is 32.3 Å². The van der Waals surface area contributed by atoms with Crippen LogP contribution in [-0.4, -0.2) is 83.8 Å². The van der Waals surface area contributed by atoms with Crippen molar-refractivity contribution in [1.29, 1.82) is 0 Å². The standard InChI is InChI=1S/C24H26F3N5O5S2.ClH/c1-39(35,36)30-6-8-31(22(33)12-16(28)10-15-11-18(26)19(27)13-17(15)25)32(9-7-30)23(34)14-38-24-29-20-4-2-3-5-21(20)37-24;/h2-5,11,13,16H,6-10,12,14,28H2,1H3;1H/t16-;/m1./s1. The predicted octanol–water partition coefficient (Wildman–Crippen LogP) is 2.57. The SMILES string of the molecule is CS(=O)(=O)N1CCN(C(=O)CSc2nc3ccccc3o2)N(C(=O)C[C@H](N)Cc2cc(F)c(F)cc2F)CC1.Cl. The van der Waals surface area contributed by atoms with E-state index in [0.29, 0.717) is 23.2 Å². The van der Waals surface area contributed by atoms with Crippen LogP contribution in [0.5, 0.6) is 0 Å². The van der Waals surface area contributed by atoms with Crippen LogP contribution in [0.4, 0.5) is 13.2 Å². The monoisotopic (exact) mass is 621 g/mol. The highest BCUT2D eigenvalue weighted by Gasteiger charge is 2.33. The summed E-state index contributed by atoms with van der Waals surface area (Å²) >= 11 is 1.02. The minimum absolute atomic E-state index is 0. The van der Waals surface area contributed by atoms with Gasteiger partial charge >= 0.3 is 0 Å². The van der Waals surface area contributed by atoms with Crippen molar-refractivity contribution < 1.29 is 35.6 Å². The molecule has 16 heteroatoms. The van der Waals surface area contributed by atoms with Crippen LogP contribution in [0, 0.1) is 17.5 Å². The molecule has 0 unspecified atom stereocenters. The highest BCUT2D eigenvalue weighted by molar-refractivity contribution is 7.99. The van der Waals surface area contributed by atoms with Crippen molar-refractivity contribution in [3.05, 3.63) is 59.4 Å². The smallest absolute Gasteiger partial charge is 0.257 e. The van der Waals surface area contributed by atoms with Gasteiger partial charge in [-0.05, 0) is 30.2 Å². The topological polar surface area (TPSA) is 130 Å². The number of hydrogen-bond donors (Lipinski definition) is 1. The summed E-state index contributed by atoms with van der Waals surface area (Å²) in [4.78, 5) is 30.8. The lowest BCUT2D eigenvalue weighted by Gasteiger charge is -2.33. The van der Waals surface area contributed by atoms with Gasteiger partial charge in [-0.1, -0.05) is 23.9 Å². The van der Waals surface area contributed by atoms with Gasteiger partial charge in [-0.3, -0.25) is 14.6 Å². The van der Waals surface area contributed by atoms with E-state index in [1.165, 1.54) is 0 Å². The molecule has 1 fully saturated rings. The molecule has 4 rings (SSSR count). The summed E-state index contributed by atoms with van der Waals surface area (Å²) in [6.45, 7) is -0.316. The number of hydrazine groups is 1. The lowest BCUT2D eigenvalue weighted by Crippen LogP contribution is -2.52. The maximum absolute atomic E-state index is 14.1. The molecule has 10 nitrogen and oxygen atoms in total. The second kappa shape index (κ2) is 13.2. The Labute approximate surface area is 239 Å². The van der Waals surface area contributed by atoms with Gasteiger partial charge in [0.15, 0.2) is 17.2 Å². The molecule has 2 aromatic carbocycles. The Bertz CT molecular complexity index is 1460. The highest BCUT2D eigenvalue weighted by Crippen LogP contribution is 2.24. The summed E-state index contributed by atoms with van der Waals surface area (Å²) < 4.78 is 71.9. The van der Waals surface area contributed by atoms with Gasteiger partial charge in [0.1, 0.15) is 11.3 Å². The summed E-state index contributed by atoms with van der Waals surface area (Å²) in [6.07, 6.45) is 0.408. The van der Waals surface area contributed by atoms with Gasteiger partial charge in [0, 0.05) is 31.6 Å². The molecule has 1 saturated heterocycles. The molecule has 1 atom stereocenters. The number of aromatic nitrogens is 1. The Balaban J connectivity index is 0.00000441. The molecule has 2 amide bonds. The van der Waals surface area contributed by atoms with Crippen molar-refractivity contribution in [3.8, 4) is 0 Å². The predicted molar refractivity (Wildman–Crippen MR) is 144 cm³/mol. The first kappa shape index (κ1) is 31.7. The van der Waals surface area contributed by atoms with E-state index in [1.54, 1.807) is 24.3 Å². The normalized spacial score (nSPS) is 15.5. The highest BCUT2D eigenvalue weighted by atomic mass is 35.5. The van der Waals surface area contributed by atoms with Gasteiger partial charge in [-0.25, -0.2) is 31.6 Å². The summed E-state index contributed by atoms with van der Waals surface area (Å²) in [6, 6.07) is 7.18. The van der Waals surface area contributed by atoms with Crippen molar-refractivity contribution in [2.75, 3.05) is 38.2 Å². The molecule has 2 heterocycles. The van der Waals surface area contributed by atoms with Crippen LogP contribution in [-0.2, 0) is 26.0 Å². The van der Waals surface area contributed by atoms with E-state index in [1.807, 2.05) is 0 Å². The molecule has 2 N–H and O–H groups in total. The maximum atomic E-state index is 14.1. The average Bonchev–Trinajstić information content (AvgIpc) is 3.13. The molecule has 0 radical (unpaired) electrons. The maximum Gasteiger partial charge on any atom is 0.257 e. The van der Waals surface area contributed by atoms with E-state index in [4.69, 9.17) is 10.2 Å². The van der Waals surface area contributed by atoms with Crippen LogP contribution >= 0.6 is 24.2 Å². The molecule has 0 saturated carbocycles. The summed E-state index contributed by atoms with van der Waals surface area (Å²) in [5.74, 6) is -4.84. The van der Waals surface area contributed by atoms with Crippen molar-refractivity contribution in [2.45, 2.75) is 24.1 Å². The number of amides is 2. The molecule has 218 valence electrons. The van der Waals surface area contributed by atoms with E-state index in [2.05, 4.69) is 4.98 Å². The number of para-hydroxylation sites is 2. The number of carbonyl (C=O) groups excluding carboxylic acids is 2. The minimum Gasteiger partial charge on any atom is -0.431 e. The van der Waals surface area contributed by atoms with E-state index < -0.39 is 45.3 Å². The van der Waals surface area contributed by atoms with Crippen LogP contribution < -0.4 is 5.73 Å². The number of oxazole rings is 1. The summed E-state index contributed by atoms with van der Waals surface area (Å²) in [5, 5.41) is 2.54. The number of sulfonamides is 1. The van der Waals surface area contributed by atoms with Crippen molar-refractivity contribution in [1.82, 2.24) is 19.3 Å². The first-order chi connectivity index (χ1) is 18.4. The molecule has 0 bridgehead atoms. The third kappa shape index (κ3) is 7.66. The number of nitrogens with zero attached hydrogens (tertiary/aromatic N) is 4. The first-order valence-corrected chi connectivity index (χ1v) is 14.7. The van der Waals surface area contributed by atoms with Gasteiger partial charge in [0.25, 0.3) is 11.1 Å². The molecule has 3 aromatic rings. The van der Waals surface area contributed by atoms with Crippen molar-refractivity contribution in [2.24, 2.45) is 5.73 Å². The van der Waals surface area contributed by atoms with Crippen LogP contribution in [0.15, 0.2) is 46.0 Å². The number of fused-ring (bicyclic) bond motifs is 1. The summed E-state index contributed by atoms with van der Waals surface area (Å²) in [5.41, 5.74) is 7.01. The Kier molecular flexibility index (Phi) is 10.5. The van der Waals surface area contributed by atoms with Crippen LogP contribution in [0.25, 0.3) is 11.1 Å². The van der Waals surface area contributed by atoms with Gasteiger partial charge in [0.2, 0.25) is 15.9 Å². The second-order valence-electron chi connectivity index (χ2n) is 8.96. The molecule has 1 aliphatic heterocycles.